The van der Waals surface area contributed by atoms with E-state index in [0.717, 1.165) is 17.0 Å². The number of benzene rings is 1. The SMILES string of the molecule is CC(=Nc1ccccc1C(C)C)c1cccnc1. The van der Waals surface area contributed by atoms with Crippen LogP contribution in [0.5, 0.6) is 0 Å². The van der Waals surface area contributed by atoms with Crippen molar-refractivity contribution in [2.24, 2.45) is 4.99 Å². The average Bonchev–Trinajstić information content (AvgIpc) is 2.40. The van der Waals surface area contributed by atoms with Crippen LogP contribution < -0.4 is 0 Å². The van der Waals surface area contributed by atoms with Crippen LogP contribution in [0.4, 0.5) is 5.69 Å². The first-order valence-electron chi connectivity index (χ1n) is 6.23. The Balaban J connectivity index is 2.39. The van der Waals surface area contributed by atoms with Crippen molar-refractivity contribution in [1.29, 1.82) is 0 Å². The van der Waals surface area contributed by atoms with Crippen molar-refractivity contribution in [3.05, 3.63) is 59.9 Å². The molecule has 0 aliphatic carbocycles. The molecular formula is C16H18N2. The van der Waals surface area contributed by atoms with Gasteiger partial charge in [-0.3, -0.25) is 9.98 Å². The molecule has 2 aromatic rings. The van der Waals surface area contributed by atoms with Gasteiger partial charge in [-0.05, 0) is 30.5 Å². The molecule has 2 heteroatoms. The summed E-state index contributed by atoms with van der Waals surface area (Å²) >= 11 is 0. The standard InChI is InChI=1S/C16H18N2/c1-12(2)15-8-4-5-9-16(15)18-13(3)14-7-6-10-17-11-14/h4-12H,1-3H3. The summed E-state index contributed by atoms with van der Waals surface area (Å²) in [4.78, 5) is 8.85. The van der Waals surface area contributed by atoms with Gasteiger partial charge in [0.1, 0.15) is 0 Å². The van der Waals surface area contributed by atoms with Gasteiger partial charge in [-0.2, -0.15) is 0 Å². The molecule has 0 unspecified atom stereocenters. The molecule has 1 heterocycles. The zero-order valence-corrected chi connectivity index (χ0v) is 11.1. The predicted octanol–water partition coefficient (Wildman–Crippen LogP) is 4.35. The van der Waals surface area contributed by atoms with Gasteiger partial charge in [-0.15, -0.1) is 0 Å². The van der Waals surface area contributed by atoms with Crippen LogP contribution in [-0.4, -0.2) is 10.7 Å². The van der Waals surface area contributed by atoms with E-state index in [-0.39, 0.29) is 0 Å². The fourth-order valence-corrected chi connectivity index (χ4v) is 1.90. The Morgan fingerprint density at radius 3 is 2.56 bits per heavy atom. The monoisotopic (exact) mass is 238 g/mol. The van der Waals surface area contributed by atoms with Gasteiger partial charge in [0.15, 0.2) is 0 Å². The second kappa shape index (κ2) is 5.58. The maximum absolute atomic E-state index is 4.73. The minimum Gasteiger partial charge on any atom is -0.264 e. The summed E-state index contributed by atoms with van der Waals surface area (Å²) in [5.41, 5.74) is 4.39. The summed E-state index contributed by atoms with van der Waals surface area (Å²) in [7, 11) is 0. The molecule has 2 rings (SSSR count). The van der Waals surface area contributed by atoms with Crippen molar-refractivity contribution in [3.8, 4) is 0 Å². The maximum Gasteiger partial charge on any atom is 0.0667 e. The molecule has 0 saturated heterocycles. The lowest BCUT2D eigenvalue weighted by Crippen LogP contribution is -1.95. The molecule has 2 nitrogen and oxygen atoms in total. The zero-order valence-electron chi connectivity index (χ0n) is 11.1. The lowest BCUT2D eigenvalue weighted by atomic mass is 10.0. The van der Waals surface area contributed by atoms with Crippen LogP contribution in [0, 0.1) is 0 Å². The number of pyridine rings is 1. The highest BCUT2D eigenvalue weighted by Gasteiger charge is 2.05. The van der Waals surface area contributed by atoms with E-state index in [9.17, 15) is 0 Å². The van der Waals surface area contributed by atoms with Crippen LogP contribution in [0.3, 0.4) is 0 Å². The van der Waals surface area contributed by atoms with Gasteiger partial charge < -0.3 is 0 Å². The molecule has 1 aromatic carbocycles. The molecule has 92 valence electrons. The van der Waals surface area contributed by atoms with E-state index >= 15 is 0 Å². The Morgan fingerprint density at radius 1 is 1.11 bits per heavy atom. The number of nitrogens with zero attached hydrogens (tertiary/aromatic N) is 2. The zero-order chi connectivity index (χ0) is 13.0. The molecule has 0 radical (unpaired) electrons. The molecule has 0 bridgehead atoms. The molecule has 1 aromatic heterocycles. The highest BCUT2D eigenvalue weighted by atomic mass is 14.8. The summed E-state index contributed by atoms with van der Waals surface area (Å²) in [6, 6.07) is 12.3. The van der Waals surface area contributed by atoms with Gasteiger partial charge in [-0.25, -0.2) is 0 Å². The van der Waals surface area contributed by atoms with Crippen LogP contribution in [0.15, 0.2) is 53.8 Å². The maximum atomic E-state index is 4.73. The van der Waals surface area contributed by atoms with E-state index in [4.69, 9.17) is 4.99 Å². The van der Waals surface area contributed by atoms with Crippen molar-refractivity contribution in [2.45, 2.75) is 26.7 Å². The first-order chi connectivity index (χ1) is 8.68. The van der Waals surface area contributed by atoms with Crippen LogP contribution in [0.25, 0.3) is 0 Å². The van der Waals surface area contributed by atoms with Crippen molar-refractivity contribution >= 4 is 11.4 Å². The summed E-state index contributed by atoms with van der Waals surface area (Å²) < 4.78 is 0. The van der Waals surface area contributed by atoms with E-state index < -0.39 is 0 Å². The highest BCUT2D eigenvalue weighted by Crippen LogP contribution is 2.26. The van der Waals surface area contributed by atoms with Gasteiger partial charge >= 0.3 is 0 Å². The Kier molecular flexibility index (Phi) is 3.88. The van der Waals surface area contributed by atoms with E-state index in [1.807, 2.05) is 31.3 Å². The summed E-state index contributed by atoms with van der Waals surface area (Å²) in [6.45, 7) is 6.40. The number of rotatable bonds is 3. The largest absolute Gasteiger partial charge is 0.264 e. The average molecular weight is 238 g/mol. The van der Waals surface area contributed by atoms with E-state index in [1.54, 1.807) is 6.20 Å². The lowest BCUT2D eigenvalue weighted by Gasteiger charge is -2.09. The molecule has 0 aliphatic heterocycles. The third-order valence-corrected chi connectivity index (χ3v) is 2.93. The molecule has 0 N–H and O–H groups in total. The summed E-state index contributed by atoms with van der Waals surface area (Å²) in [6.07, 6.45) is 3.62. The smallest absolute Gasteiger partial charge is 0.0667 e. The van der Waals surface area contributed by atoms with Gasteiger partial charge in [-0.1, -0.05) is 38.1 Å². The number of para-hydroxylation sites is 1. The number of hydrogen-bond acceptors (Lipinski definition) is 2. The van der Waals surface area contributed by atoms with Crippen molar-refractivity contribution in [1.82, 2.24) is 4.98 Å². The Hall–Kier alpha value is -1.96. The Labute approximate surface area is 108 Å². The molecule has 0 atom stereocenters. The number of hydrogen-bond donors (Lipinski definition) is 0. The summed E-state index contributed by atoms with van der Waals surface area (Å²) in [5, 5.41) is 0. The van der Waals surface area contributed by atoms with Crippen molar-refractivity contribution in [2.75, 3.05) is 0 Å². The second-order valence-corrected chi connectivity index (χ2v) is 4.65. The molecule has 0 aliphatic rings. The normalized spacial score (nSPS) is 11.9. The molecule has 0 spiro atoms. The third kappa shape index (κ3) is 2.83. The fourth-order valence-electron chi connectivity index (χ4n) is 1.90. The number of aliphatic imine (C=N–C) groups is 1. The number of aromatic nitrogens is 1. The first-order valence-corrected chi connectivity index (χ1v) is 6.23. The van der Waals surface area contributed by atoms with Crippen LogP contribution >= 0.6 is 0 Å². The van der Waals surface area contributed by atoms with Crippen LogP contribution in [-0.2, 0) is 0 Å². The lowest BCUT2D eigenvalue weighted by molar-refractivity contribution is 0.867. The third-order valence-electron chi connectivity index (χ3n) is 2.93. The van der Waals surface area contributed by atoms with Crippen molar-refractivity contribution < 1.29 is 0 Å². The Bertz CT molecular complexity index is 542. The minimum absolute atomic E-state index is 0.478. The van der Waals surface area contributed by atoms with Gasteiger partial charge in [0, 0.05) is 23.7 Å². The molecule has 18 heavy (non-hydrogen) atoms. The van der Waals surface area contributed by atoms with Crippen molar-refractivity contribution in [3.63, 3.8) is 0 Å². The van der Waals surface area contributed by atoms with Crippen LogP contribution in [0.2, 0.25) is 0 Å². The van der Waals surface area contributed by atoms with Crippen LogP contribution in [0.1, 0.15) is 37.8 Å². The fraction of sp³-hybridized carbons (Fsp3) is 0.250. The first kappa shape index (κ1) is 12.5. The predicted molar refractivity (Wildman–Crippen MR) is 76.6 cm³/mol. The topological polar surface area (TPSA) is 25.2 Å². The minimum atomic E-state index is 0.478. The molecular weight excluding hydrogens is 220 g/mol. The van der Waals surface area contributed by atoms with E-state index in [0.29, 0.717) is 5.92 Å². The molecule has 0 fully saturated rings. The van der Waals surface area contributed by atoms with Gasteiger partial charge in [0.05, 0.1) is 5.69 Å². The summed E-state index contributed by atoms with van der Waals surface area (Å²) in [5.74, 6) is 0.478. The van der Waals surface area contributed by atoms with E-state index in [2.05, 4.69) is 37.0 Å². The molecule has 0 amide bonds. The van der Waals surface area contributed by atoms with Gasteiger partial charge in [0.2, 0.25) is 0 Å². The Morgan fingerprint density at radius 2 is 1.89 bits per heavy atom. The second-order valence-electron chi connectivity index (χ2n) is 4.65. The van der Waals surface area contributed by atoms with E-state index in [1.165, 1.54) is 5.56 Å². The molecule has 0 saturated carbocycles. The quantitative estimate of drug-likeness (QED) is 0.730. The van der Waals surface area contributed by atoms with Gasteiger partial charge in [0.25, 0.3) is 0 Å². The highest BCUT2D eigenvalue weighted by molar-refractivity contribution is 6.00.